The third kappa shape index (κ3) is 4.01. The summed E-state index contributed by atoms with van der Waals surface area (Å²) in [6.45, 7) is 0.0414. The molecule has 2 heterocycles. The average Bonchev–Trinajstić information content (AvgIpc) is 3.06. The first-order chi connectivity index (χ1) is 12.1. The fourth-order valence-corrected chi connectivity index (χ4v) is 3.36. The van der Waals surface area contributed by atoms with Gasteiger partial charge in [0.1, 0.15) is 5.82 Å². The Labute approximate surface area is 152 Å². The molecule has 0 aliphatic carbocycles. The van der Waals surface area contributed by atoms with Gasteiger partial charge in [0.2, 0.25) is 5.91 Å². The van der Waals surface area contributed by atoms with Crippen molar-refractivity contribution < 1.29 is 9.18 Å². The Morgan fingerprint density at radius 2 is 2.08 bits per heavy atom. The number of carbonyl (C=O) groups excluding carboxylic acids is 1. The summed E-state index contributed by atoms with van der Waals surface area (Å²) in [5.74, 6) is -1.50. The quantitative estimate of drug-likeness (QED) is 0.711. The molecule has 8 heteroatoms. The summed E-state index contributed by atoms with van der Waals surface area (Å²) >= 11 is 7.34. The normalized spacial score (nSPS) is 12.0. The molecule has 25 heavy (non-hydrogen) atoms. The van der Waals surface area contributed by atoms with Crippen molar-refractivity contribution in [2.24, 2.45) is 5.73 Å². The summed E-state index contributed by atoms with van der Waals surface area (Å²) in [5.41, 5.74) is 7.85. The van der Waals surface area contributed by atoms with Crippen LogP contribution in [0.3, 0.4) is 0 Å². The van der Waals surface area contributed by atoms with E-state index in [2.05, 4.69) is 15.3 Å². The molecule has 3 N–H and O–H groups in total. The van der Waals surface area contributed by atoms with Crippen LogP contribution in [0.15, 0.2) is 48.1 Å². The van der Waals surface area contributed by atoms with Crippen LogP contribution in [0.5, 0.6) is 0 Å². The summed E-state index contributed by atoms with van der Waals surface area (Å²) < 4.78 is 13.2. The third-order valence-electron chi connectivity index (χ3n) is 3.60. The van der Waals surface area contributed by atoms with Gasteiger partial charge in [0.05, 0.1) is 11.6 Å². The van der Waals surface area contributed by atoms with E-state index in [1.54, 1.807) is 12.4 Å². The zero-order chi connectivity index (χ0) is 17.8. The molecule has 128 valence electrons. The van der Waals surface area contributed by atoms with Crippen LogP contribution in [0.25, 0.3) is 11.3 Å². The number of rotatable bonds is 5. The smallest absolute Gasteiger partial charge is 0.235 e. The Balaban J connectivity index is 1.78. The van der Waals surface area contributed by atoms with E-state index in [-0.39, 0.29) is 17.5 Å². The van der Waals surface area contributed by atoms with Gasteiger partial charge in [0.15, 0.2) is 5.13 Å². The number of amides is 1. The minimum atomic E-state index is -0.693. The van der Waals surface area contributed by atoms with Crippen molar-refractivity contribution in [1.82, 2.24) is 9.97 Å². The molecule has 0 bridgehead atoms. The van der Waals surface area contributed by atoms with Crippen molar-refractivity contribution in [2.75, 3.05) is 11.9 Å². The minimum Gasteiger partial charge on any atom is -0.329 e. The van der Waals surface area contributed by atoms with Gasteiger partial charge in [-0.1, -0.05) is 17.7 Å². The second-order valence-electron chi connectivity index (χ2n) is 5.22. The predicted octanol–water partition coefficient (Wildman–Crippen LogP) is 3.68. The molecule has 1 atom stereocenters. The zero-order valence-corrected chi connectivity index (χ0v) is 14.5. The van der Waals surface area contributed by atoms with Crippen molar-refractivity contribution in [2.45, 2.75) is 5.92 Å². The fraction of sp³-hybridized carbons (Fsp3) is 0.118. The van der Waals surface area contributed by atoms with Gasteiger partial charge >= 0.3 is 0 Å². The van der Waals surface area contributed by atoms with Crippen LogP contribution in [0.1, 0.15) is 11.5 Å². The molecule has 0 radical (unpaired) electrons. The molecule has 1 unspecified atom stereocenters. The molecule has 0 saturated heterocycles. The lowest BCUT2D eigenvalue weighted by Gasteiger charge is -2.15. The molecule has 1 amide bonds. The molecular formula is C17H14ClFN4OS. The van der Waals surface area contributed by atoms with Gasteiger partial charge in [0.25, 0.3) is 0 Å². The van der Waals surface area contributed by atoms with E-state index < -0.39 is 11.7 Å². The first-order valence-corrected chi connectivity index (χ1v) is 8.66. The van der Waals surface area contributed by atoms with E-state index in [0.29, 0.717) is 10.7 Å². The molecule has 0 fully saturated rings. The Bertz CT molecular complexity index is 887. The predicted molar refractivity (Wildman–Crippen MR) is 97.2 cm³/mol. The van der Waals surface area contributed by atoms with Crippen molar-refractivity contribution in [3.05, 3.63) is 64.5 Å². The summed E-state index contributed by atoms with van der Waals surface area (Å²) in [6, 6.07) is 7.56. The van der Waals surface area contributed by atoms with Gasteiger partial charge in [-0.25, -0.2) is 9.37 Å². The van der Waals surface area contributed by atoms with E-state index in [0.717, 1.165) is 17.3 Å². The van der Waals surface area contributed by atoms with Crippen LogP contribution < -0.4 is 11.1 Å². The lowest BCUT2D eigenvalue weighted by Crippen LogP contribution is -2.27. The van der Waals surface area contributed by atoms with E-state index in [4.69, 9.17) is 17.3 Å². The van der Waals surface area contributed by atoms with Crippen molar-refractivity contribution >= 4 is 34.0 Å². The van der Waals surface area contributed by atoms with Crippen LogP contribution in [0.2, 0.25) is 5.02 Å². The van der Waals surface area contributed by atoms with Gasteiger partial charge in [-0.15, -0.1) is 11.3 Å². The second-order valence-corrected chi connectivity index (χ2v) is 6.48. The molecule has 3 rings (SSSR count). The molecule has 0 aliphatic rings. The number of nitrogens with one attached hydrogen (secondary N) is 1. The van der Waals surface area contributed by atoms with E-state index in [1.165, 1.54) is 23.5 Å². The number of hydrogen-bond donors (Lipinski definition) is 2. The van der Waals surface area contributed by atoms with Crippen LogP contribution in [0.4, 0.5) is 9.52 Å². The molecule has 3 aromatic rings. The summed E-state index contributed by atoms with van der Waals surface area (Å²) in [4.78, 5) is 20.9. The highest BCUT2D eigenvalue weighted by molar-refractivity contribution is 7.14. The third-order valence-corrected chi connectivity index (χ3v) is 4.69. The van der Waals surface area contributed by atoms with Gasteiger partial charge in [-0.2, -0.15) is 0 Å². The largest absolute Gasteiger partial charge is 0.329 e. The molecular weight excluding hydrogens is 363 g/mol. The number of benzene rings is 1. The topological polar surface area (TPSA) is 80.9 Å². The number of halogens is 2. The van der Waals surface area contributed by atoms with Crippen LogP contribution in [-0.2, 0) is 4.79 Å². The maximum absolute atomic E-state index is 13.2. The molecule has 0 spiro atoms. The number of hydrogen-bond acceptors (Lipinski definition) is 5. The van der Waals surface area contributed by atoms with Gasteiger partial charge < -0.3 is 11.1 Å². The number of aromatic nitrogens is 2. The lowest BCUT2D eigenvalue weighted by atomic mass is 9.98. The average molecular weight is 377 g/mol. The van der Waals surface area contributed by atoms with Crippen LogP contribution >= 0.6 is 22.9 Å². The standard InChI is InChI=1S/C17H14ClFN4OS/c18-14-7-11(19)1-2-12(14)13(8-20)16(24)23-17-22-15(9-25-17)10-3-5-21-6-4-10/h1-7,9,13H,8,20H2,(H,22,23,24). The van der Waals surface area contributed by atoms with E-state index >= 15 is 0 Å². The van der Waals surface area contributed by atoms with Gasteiger partial charge in [0, 0.05) is 34.9 Å². The molecule has 2 aromatic heterocycles. The first-order valence-electron chi connectivity index (χ1n) is 7.40. The first kappa shape index (κ1) is 17.5. The van der Waals surface area contributed by atoms with Crippen molar-refractivity contribution in [3.8, 4) is 11.3 Å². The summed E-state index contributed by atoms with van der Waals surface area (Å²) in [7, 11) is 0. The van der Waals surface area contributed by atoms with Gasteiger partial charge in [-0.05, 0) is 29.8 Å². The second kappa shape index (κ2) is 7.69. The molecule has 1 aromatic carbocycles. The number of nitrogens with zero attached hydrogens (tertiary/aromatic N) is 2. The van der Waals surface area contributed by atoms with Crippen molar-refractivity contribution in [3.63, 3.8) is 0 Å². The number of nitrogens with two attached hydrogens (primary N) is 1. The van der Waals surface area contributed by atoms with E-state index in [9.17, 15) is 9.18 Å². The van der Waals surface area contributed by atoms with Crippen molar-refractivity contribution in [1.29, 1.82) is 0 Å². The lowest BCUT2D eigenvalue weighted by molar-refractivity contribution is -0.117. The highest BCUT2D eigenvalue weighted by Crippen LogP contribution is 2.28. The molecule has 0 saturated carbocycles. The number of thiazole rings is 1. The molecule has 5 nitrogen and oxygen atoms in total. The van der Waals surface area contributed by atoms with E-state index in [1.807, 2.05) is 17.5 Å². The number of pyridine rings is 1. The monoisotopic (exact) mass is 376 g/mol. The van der Waals surface area contributed by atoms with Gasteiger partial charge in [-0.3, -0.25) is 9.78 Å². The van der Waals surface area contributed by atoms with Crippen LogP contribution in [0, 0.1) is 5.82 Å². The Morgan fingerprint density at radius 3 is 2.76 bits per heavy atom. The number of carbonyl (C=O) groups is 1. The highest BCUT2D eigenvalue weighted by Gasteiger charge is 2.23. The van der Waals surface area contributed by atoms with Crippen LogP contribution in [-0.4, -0.2) is 22.4 Å². The Hall–Kier alpha value is -2.35. The maximum Gasteiger partial charge on any atom is 0.235 e. The Kier molecular flexibility index (Phi) is 5.37. The Morgan fingerprint density at radius 1 is 1.32 bits per heavy atom. The summed E-state index contributed by atoms with van der Waals surface area (Å²) in [6.07, 6.45) is 3.35. The zero-order valence-electron chi connectivity index (χ0n) is 12.9. The minimum absolute atomic E-state index is 0.0414. The SMILES string of the molecule is NCC(C(=O)Nc1nc(-c2ccncc2)cs1)c1ccc(F)cc1Cl. The number of anilines is 1. The molecule has 0 aliphatic heterocycles. The maximum atomic E-state index is 13.2. The fourth-order valence-electron chi connectivity index (χ4n) is 2.34. The summed E-state index contributed by atoms with van der Waals surface area (Å²) in [5, 5.41) is 5.21. The highest BCUT2D eigenvalue weighted by atomic mass is 35.5.